The van der Waals surface area contributed by atoms with Crippen molar-refractivity contribution in [2.75, 3.05) is 38.0 Å². The van der Waals surface area contributed by atoms with Crippen molar-refractivity contribution in [1.82, 2.24) is 21.3 Å². The van der Waals surface area contributed by atoms with Crippen molar-refractivity contribution in [2.24, 2.45) is 35.5 Å². The molecule has 17 aliphatic rings. The molecule has 6 saturated heterocycles. The first kappa shape index (κ1) is 58.9. The van der Waals surface area contributed by atoms with Crippen LogP contribution in [0.15, 0.2) is 72.8 Å². The molecule has 0 aromatic heterocycles. The van der Waals surface area contributed by atoms with Gasteiger partial charge < -0.3 is 26.6 Å². The zero-order valence-electron chi connectivity index (χ0n) is 49.3. The molecular weight excluding hydrogens is 935 g/mol. The minimum absolute atomic E-state index is 0.903. The molecule has 10 bridgehead atoms. The van der Waals surface area contributed by atoms with Gasteiger partial charge in [-0.15, -0.1) is 0 Å². The van der Waals surface area contributed by atoms with Gasteiger partial charge in [-0.05, 0) is 230 Å². The molecule has 20 rings (SSSR count). The SMILES string of the molecule is C1CC2CC1CN2.C1CC2CCC(C1)N2.C1CC2CCC1C2.C1CC2CCC1CC2.C1CC2CCC1CN2.C1CCCCC1.C1CCNCC1.c1ccc2c(c1)CCC2.c1ccc2c(c1)CCC2.c1ccc2c(c1)CCN2. The molecular formula is C72H115N5. The van der Waals surface area contributed by atoms with Gasteiger partial charge in [-0.3, -0.25) is 0 Å². The van der Waals surface area contributed by atoms with E-state index in [0.717, 1.165) is 54.4 Å². The van der Waals surface area contributed by atoms with Crippen molar-refractivity contribution in [2.45, 2.75) is 275 Å². The van der Waals surface area contributed by atoms with Crippen molar-refractivity contribution < 1.29 is 0 Å². The van der Waals surface area contributed by atoms with Gasteiger partial charge in [0.25, 0.3) is 0 Å². The predicted molar refractivity (Wildman–Crippen MR) is 331 cm³/mol. The topological polar surface area (TPSA) is 60.1 Å². The Bertz CT molecular complexity index is 1640. The van der Waals surface area contributed by atoms with Gasteiger partial charge in [-0.1, -0.05) is 182 Å². The first-order valence-electron chi connectivity index (χ1n) is 34.0. The number of rotatable bonds is 0. The number of nitrogens with one attached hydrogen (secondary N) is 5. The Kier molecular flexibility index (Phi) is 26.0. The second-order valence-electron chi connectivity index (χ2n) is 27.1. The fraction of sp³-hybridized carbons (Fsp3) is 0.750. The summed E-state index contributed by atoms with van der Waals surface area (Å²) in [7, 11) is 0. The lowest BCUT2D eigenvalue weighted by atomic mass is 9.71. The lowest BCUT2D eigenvalue weighted by molar-refractivity contribution is 0.176. The van der Waals surface area contributed by atoms with E-state index in [0.29, 0.717) is 0 Å². The number of hydrogen-bond acceptors (Lipinski definition) is 5. The normalized spacial score (nSPS) is 31.8. The van der Waals surface area contributed by atoms with Crippen LogP contribution in [0.4, 0.5) is 5.69 Å². The third kappa shape index (κ3) is 21.0. The Hall–Kier alpha value is -2.70. The Morgan fingerprint density at radius 2 is 0.675 bits per heavy atom. The van der Waals surface area contributed by atoms with Gasteiger partial charge in [0.15, 0.2) is 0 Å². The molecule has 77 heavy (non-hydrogen) atoms. The molecule has 428 valence electrons. The molecule has 4 unspecified atom stereocenters. The van der Waals surface area contributed by atoms with Crippen LogP contribution in [0.25, 0.3) is 0 Å². The van der Waals surface area contributed by atoms with E-state index in [4.69, 9.17) is 0 Å². The Balaban J connectivity index is 0.000000105. The minimum atomic E-state index is 0.903. The number of benzene rings is 3. The maximum Gasteiger partial charge on any atom is 0.0373 e. The number of hydrogen-bond donors (Lipinski definition) is 5. The van der Waals surface area contributed by atoms with Crippen LogP contribution < -0.4 is 26.6 Å². The molecule has 10 aliphatic carbocycles. The van der Waals surface area contributed by atoms with Crippen LogP contribution >= 0.6 is 0 Å². The molecule has 7 heterocycles. The molecule has 4 atom stereocenters. The zero-order valence-corrected chi connectivity index (χ0v) is 49.3. The van der Waals surface area contributed by atoms with Gasteiger partial charge in [0.1, 0.15) is 0 Å². The monoisotopic (exact) mass is 1050 g/mol. The molecule has 5 heteroatoms. The highest BCUT2D eigenvalue weighted by Gasteiger charge is 2.32. The molecule has 5 nitrogen and oxygen atoms in total. The number of para-hydroxylation sites is 1. The van der Waals surface area contributed by atoms with Crippen LogP contribution in [0.1, 0.15) is 246 Å². The highest BCUT2D eigenvalue weighted by Crippen LogP contribution is 2.44. The van der Waals surface area contributed by atoms with Gasteiger partial charge >= 0.3 is 0 Å². The summed E-state index contributed by atoms with van der Waals surface area (Å²) < 4.78 is 0. The van der Waals surface area contributed by atoms with Crippen molar-refractivity contribution in [3.63, 3.8) is 0 Å². The van der Waals surface area contributed by atoms with E-state index in [1.807, 2.05) is 0 Å². The number of anilines is 1. The lowest BCUT2D eigenvalue weighted by Gasteiger charge is -2.36. The summed E-state index contributed by atoms with van der Waals surface area (Å²) in [6.07, 6.45) is 57.1. The van der Waals surface area contributed by atoms with Crippen LogP contribution in [0.2, 0.25) is 0 Å². The van der Waals surface area contributed by atoms with Gasteiger partial charge in [0, 0.05) is 36.4 Å². The van der Waals surface area contributed by atoms with Gasteiger partial charge in [-0.2, -0.15) is 0 Å². The van der Waals surface area contributed by atoms with Crippen molar-refractivity contribution in [1.29, 1.82) is 0 Å². The Labute approximate surface area is 473 Å². The largest absolute Gasteiger partial charge is 0.384 e. The summed E-state index contributed by atoms with van der Waals surface area (Å²) >= 11 is 0. The lowest BCUT2D eigenvalue weighted by Crippen LogP contribution is -2.44. The molecule has 0 radical (unpaired) electrons. The van der Waals surface area contributed by atoms with Crippen LogP contribution in [0.5, 0.6) is 0 Å². The highest BCUT2D eigenvalue weighted by molar-refractivity contribution is 5.54. The fourth-order valence-corrected chi connectivity index (χ4v) is 16.2. The Morgan fingerprint density at radius 3 is 0.961 bits per heavy atom. The quantitative estimate of drug-likeness (QED) is 0.155. The first-order valence-corrected chi connectivity index (χ1v) is 34.0. The van der Waals surface area contributed by atoms with Crippen LogP contribution in [0, 0.1) is 35.5 Å². The van der Waals surface area contributed by atoms with Crippen molar-refractivity contribution in [3.05, 3.63) is 101 Å². The molecule has 0 amide bonds. The predicted octanol–water partition coefficient (Wildman–Crippen LogP) is 17.1. The summed E-state index contributed by atoms with van der Waals surface area (Å²) in [5.74, 6) is 6.75. The average molecular weight is 1050 g/mol. The zero-order chi connectivity index (χ0) is 52.4. The minimum Gasteiger partial charge on any atom is -0.384 e. The summed E-state index contributed by atoms with van der Waals surface area (Å²) in [5, 5.41) is 17.1. The second-order valence-corrected chi connectivity index (χ2v) is 27.1. The summed E-state index contributed by atoms with van der Waals surface area (Å²) in [6, 6.07) is 29.6. The average Bonchev–Trinajstić information content (AvgIpc) is 4.40. The van der Waals surface area contributed by atoms with E-state index in [9.17, 15) is 0 Å². The van der Waals surface area contributed by atoms with E-state index < -0.39 is 0 Å². The number of piperidine rings is 5. The first-order chi connectivity index (χ1) is 38.1. The van der Waals surface area contributed by atoms with Crippen molar-refractivity contribution >= 4 is 5.69 Å². The third-order valence-corrected chi connectivity index (χ3v) is 21.3. The molecule has 0 spiro atoms. The molecule has 3 aromatic rings. The van der Waals surface area contributed by atoms with Crippen molar-refractivity contribution in [3.8, 4) is 0 Å². The summed E-state index contributed by atoms with van der Waals surface area (Å²) in [5.41, 5.74) is 9.04. The maximum atomic E-state index is 3.59. The van der Waals surface area contributed by atoms with Gasteiger partial charge in [0.05, 0.1) is 0 Å². The highest BCUT2D eigenvalue weighted by atomic mass is 15.0. The van der Waals surface area contributed by atoms with E-state index >= 15 is 0 Å². The van der Waals surface area contributed by atoms with Crippen LogP contribution in [-0.2, 0) is 32.1 Å². The summed E-state index contributed by atoms with van der Waals surface area (Å²) in [4.78, 5) is 0. The number of aryl methyl sites for hydroxylation is 4. The van der Waals surface area contributed by atoms with E-state index in [-0.39, 0.29) is 0 Å². The van der Waals surface area contributed by atoms with E-state index in [1.165, 1.54) is 229 Å². The Morgan fingerprint density at radius 1 is 0.273 bits per heavy atom. The molecule has 3 aromatic carbocycles. The standard InChI is InChI=1S/2C9H10.C8H9N.C8H14.2C7H13N.C7H12.C6H11N.C6H12.C5H11N/c2*1-2-5-9-7-3-6-8(9)4-1;1-2-4-8-7(3-1)5-6-9-8;1-2-8-5-3-7(1)4-6-8;1-3-7-4-2-6(1)5-8-7;1-2-6-4-5-7(3-1)8-6;1-2-7-4-3-6(1)5-7;1-2-6-3-5(1)4-7-6;2*1-2-4-6-5-3-1/h2*1-2,4-5H,3,6-7H2;1-4,9H,5-6H2;7-8H,1-6H2;2*6-8H,1-5H2;6-7H,1-5H2;5-7H,1-4H2;1-6H2;6H,1-5H2. The maximum absolute atomic E-state index is 3.59. The van der Waals surface area contributed by atoms with Crippen LogP contribution in [0.3, 0.4) is 0 Å². The summed E-state index contributed by atoms with van der Waals surface area (Å²) in [6.45, 7) is 6.23. The van der Waals surface area contributed by atoms with Gasteiger partial charge in [-0.25, -0.2) is 0 Å². The molecule has 5 N–H and O–H groups in total. The number of fused-ring (bicyclic) bond motifs is 15. The van der Waals surface area contributed by atoms with Gasteiger partial charge in [0.2, 0.25) is 0 Å². The smallest absolute Gasteiger partial charge is 0.0373 e. The molecule has 8 saturated carbocycles. The van der Waals surface area contributed by atoms with E-state index in [2.05, 4.69) is 99.4 Å². The second kappa shape index (κ2) is 33.9. The van der Waals surface area contributed by atoms with Crippen LogP contribution in [-0.4, -0.2) is 56.9 Å². The van der Waals surface area contributed by atoms with E-state index in [1.54, 1.807) is 92.9 Å². The molecule has 14 fully saturated rings. The third-order valence-electron chi connectivity index (χ3n) is 21.3. The molecule has 7 aliphatic heterocycles. The fourth-order valence-electron chi connectivity index (χ4n) is 16.2.